The summed E-state index contributed by atoms with van der Waals surface area (Å²) in [5.41, 5.74) is 4.27. The monoisotopic (exact) mass is 477 g/mol. The normalized spacial score (nSPS) is 11.5. The predicted octanol–water partition coefficient (Wildman–Crippen LogP) is 3.49. The van der Waals surface area contributed by atoms with Gasteiger partial charge in [0.15, 0.2) is 0 Å². The van der Waals surface area contributed by atoms with Crippen molar-refractivity contribution in [3.05, 3.63) is 66.4 Å². The van der Waals surface area contributed by atoms with Crippen molar-refractivity contribution < 1.29 is 19.6 Å². The molecule has 0 spiro atoms. The zero-order valence-corrected chi connectivity index (χ0v) is 20.0. The van der Waals surface area contributed by atoms with Gasteiger partial charge in [-0.3, -0.25) is 24.6 Å². The minimum absolute atomic E-state index is 0.194. The third-order valence-electron chi connectivity index (χ3n) is 5.68. The van der Waals surface area contributed by atoms with Crippen LogP contribution < -0.4 is 21.0 Å². The molecule has 4 N–H and O–H groups in total. The smallest absolute Gasteiger partial charge is 0.251 e. The van der Waals surface area contributed by atoms with Gasteiger partial charge in [-0.2, -0.15) is 0 Å². The summed E-state index contributed by atoms with van der Waals surface area (Å²) in [6.45, 7) is 0. The quantitative estimate of drug-likeness (QED) is 0.190. The number of amides is 3. The van der Waals surface area contributed by atoms with Crippen LogP contribution in [0.2, 0.25) is 0 Å². The maximum atomic E-state index is 13.2. The minimum Gasteiger partial charge on any atom is -0.378 e. The van der Waals surface area contributed by atoms with Crippen LogP contribution in [-0.4, -0.2) is 48.0 Å². The fourth-order valence-electron chi connectivity index (χ4n) is 3.71. The largest absolute Gasteiger partial charge is 0.378 e. The van der Waals surface area contributed by atoms with Crippen molar-refractivity contribution in [2.24, 2.45) is 0 Å². The number of carbonyl (C=O) groups excluding carboxylic acids is 3. The lowest BCUT2D eigenvalue weighted by Gasteiger charge is -2.19. The molecule has 1 unspecified atom stereocenters. The molecule has 9 nitrogen and oxygen atoms in total. The lowest BCUT2D eigenvalue weighted by Crippen LogP contribution is -2.43. The molecule has 0 aliphatic carbocycles. The molecule has 0 aliphatic rings. The van der Waals surface area contributed by atoms with Crippen LogP contribution in [0.15, 0.2) is 60.8 Å². The third kappa shape index (κ3) is 7.25. The molecule has 0 fully saturated rings. The van der Waals surface area contributed by atoms with Gasteiger partial charge in [0, 0.05) is 43.4 Å². The van der Waals surface area contributed by atoms with E-state index in [0.29, 0.717) is 42.5 Å². The first-order valence-corrected chi connectivity index (χ1v) is 11.5. The number of benzene rings is 2. The first kappa shape index (κ1) is 25.6. The molecule has 0 aliphatic heterocycles. The average Bonchev–Trinajstić information content (AvgIpc) is 2.87. The molecule has 1 heterocycles. The van der Waals surface area contributed by atoms with Crippen molar-refractivity contribution in [1.29, 1.82) is 0 Å². The Morgan fingerprint density at radius 3 is 2.43 bits per heavy atom. The van der Waals surface area contributed by atoms with Crippen LogP contribution in [-0.2, 0) is 9.59 Å². The fraction of sp³-hybridized carbons (Fsp3) is 0.308. The number of para-hydroxylation sites is 1. The number of nitrogens with zero attached hydrogens (tertiary/aromatic N) is 2. The van der Waals surface area contributed by atoms with Gasteiger partial charge in [0.1, 0.15) is 6.04 Å². The van der Waals surface area contributed by atoms with Gasteiger partial charge in [-0.1, -0.05) is 31.0 Å². The van der Waals surface area contributed by atoms with Gasteiger partial charge >= 0.3 is 0 Å². The standard InChI is InChI=1S/C26H31N5O4/c1-31(2)20-15-13-19(14-16-20)25(33)29-22(10-4-3-5-12-23(32)30-35)26(34)28-21-11-6-8-18-9-7-17-27-24(18)21/h6-9,11,13-17,22,35H,3-5,10,12H2,1-2H3,(H,28,34)(H,29,33)(H,30,32). The van der Waals surface area contributed by atoms with Crippen LogP contribution in [0, 0.1) is 0 Å². The average molecular weight is 478 g/mol. The molecule has 9 heteroatoms. The Hall–Kier alpha value is -3.98. The number of pyridine rings is 1. The summed E-state index contributed by atoms with van der Waals surface area (Å²) in [5, 5.41) is 15.3. The lowest BCUT2D eigenvalue weighted by molar-refractivity contribution is -0.129. The number of aromatic nitrogens is 1. The van der Waals surface area contributed by atoms with Crippen LogP contribution in [0.1, 0.15) is 42.5 Å². The minimum atomic E-state index is -0.776. The Morgan fingerprint density at radius 1 is 0.971 bits per heavy atom. The van der Waals surface area contributed by atoms with E-state index in [1.807, 2.05) is 55.4 Å². The van der Waals surface area contributed by atoms with Gasteiger partial charge in [-0.05, 0) is 49.2 Å². The topological polar surface area (TPSA) is 124 Å². The molecule has 0 saturated heterocycles. The van der Waals surface area contributed by atoms with Crippen LogP contribution in [0.4, 0.5) is 11.4 Å². The summed E-state index contributed by atoms with van der Waals surface area (Å²) in [6.07, 6.45) is 4.10. The van der Waals surface area contributed by atoms with E-state index in [-0.39, 0.29) is 18.2 Å². The first-order chi connectivity index (χ1) is 16.9. The van der Waals surface area contributed by atoms with Crippen LogP contribution in [0.25, 0.3) is 10.9 Å². The SMILES string of the molecule is CN(C)c1ccc(C(=O)NC(CCCCCC(=O)NO)C(=O)Nc2cccc3cccnc23)cc1. The third-order valence-corrected chi connectivity index (χ3v) is 5.68. The highest BCUT2D eigenvalue weighted by Crippen LogP contribution is 2.21. The molecule has 35 heavy (non-hydrogen) atoms. The van der Waals surface area contributed by atoms with Crippen LogP contribution in [0.3, 0.4) is 0 Å². The van der Waals surface area contributed by atoms with Crippen molar-refractivity contribution >= 4 is 40.0 Å². The number of nitrogens with one attached hydrogen (secondary N) is 3. The van der Waals surface area contributed by atoms with E-state index >= 15 is 0 Å². The second-order valence-electron chi connectivity index (χ2n) is 8.47. The molecular weight excluding hydrogens is 446 g/mol. The Balaban J connectivity index is 1.71. The van der Waals surface area contributed by atoms with E-state index in [0.717, 1.165) is 11.1 Å². The highest BCUT2D eigenvalue weighted by atomic mass is 16.5. The van der Waals surface area contributed by atoms with E-state index in [1.54, 1.807) is 29.9 Å². The zero-order chi connectivity index (χ0) is 25.2. The first-order valence-electron chi connectivity index (χ1n) is 11.5. The summed E-state index contributed by atoms with van der Waals surface area (Å²) in [5.74, 6) is -1.13. The molecule has 3 rings (SSSR count). The number of hydroxylamine groups is 1. The van der Waals surface area contributed by atoms with E-state index in [4.69, 9.17) is 5.21 Å². The van der Waals surface area contributed by atoms with Gasteiger partial charge in [0.2, 0.25) is 11.8 Å². The van der Waals surface area contributed by atoms with E-state index < -0.39 is 11.9 Å². The number of carbonyl (C=O) groups is 3. The molecule has 3 aromatic rings. The summed E-state index contributed by atoms with van der Waals surface area (Å²) in [6, 6.07) is 15.6. The zero-order valence-electron chi connectivity index (χ0n) is 20.0. The van der Waals surface area contributed by atoms with Crippen molar-refractivity contribution in [3.63, 3.8) is 0 Å². The van der Waals surface area contributed by atoms with Crippen molar-refractivity contribution in [2.75, 3.05) is 24.3 Å². The number of anilines is 2. The van der Waals surface area contributed by atoms with E-state index in [1.165, 1.54) is 0 Å². The number of unbranched alkanes of at least 4 members (excludes halogenated alkanes) is 2. The lowest BCUT2D eigenvalue weighted by atomic mass is 10.0. The summed E-state index contributed by atoms with van der Waals surface area (Å²) >= 11 is 0. The summed E-state index contributed by atoms with van der Waals surface area (Å²) in [4.78, 5) is 43.7. The van der Waals surface area contributed by atoms with Gasteiger partial charge in [0.05, 0.1) is 11.2 Å². The van der Waals surface area contributed by atoms with Crippen molar-refractivity contribution in [2.45, 2.75) is 38.1 Å². The Bertz CT molecular complexity index is 1160. The van der Waals surface area contributed by atoms with E-state index in [9.17, 15) is 14.4 Å². The Morgan fingerprint density at radius 2 is 1.71 bits per heavy atom. The van der Waals surface area contributed by atoms with Gasteiger partial charge in [-0.15, -0.1) is 0 Å². The van der Waals surface area contributed by atoms with Crippen LogP contribution in [0.5, 0.6) is 0 Å². The van der Waals surface area contributed by atoms with Gasteiger partial charge < -0.3 is 15.5 Å². The maximum Gasteiger partial charge on any atom is 0.251 e. The predicted molar refractivity (Wildman–Crippen MR) is 135 cm³/mol. The molecule has 0 bridgehead atoms. The number of hydrogen-bond donors (Lipinski definition) is 4. The van der Waals surface area contributed by atoms with Crippen molar-refractivity contribution in [3.8, 4) is 0 Å². The molecule has 0 saturated carbocycles. The number of rotatable bonds is 11. The second-order valence-corrected chi connectivity index (χ2v) is 8.47. The second kappa shape index (κ2) is 12.5. The number of fused-ring (bicyclic) bond motifs is 1. The molecular formula is C26H31N5O4. The highest BCUT2D eigenvalue weighted by molar-refractivity contribution is 6.04. The maximum absolute atomic E-state index is 13.2. The molecule has 184 valence electrons. The van der Waals surface area contributed by atoms with Gasteiger partial charge in [0.25, 0.3) is 5.91 Å². The highest BCUT2D eigenvalue weighted by Gasteiger charge is 2.22. The fourth-order valence-corrected chi connectivity index (χ4v) is 3.71. The molecule has 0 radical (unpaired) electrons. The van der Waals surface area contributed by atoms with Gasteiger partial charge in [-0.25, -0.2) is 5.48 Å². The molecule has 3 amide bonds. The summed E-state index contributed by atoms with van der Waals surface area (Å²) in [7, 11) is 3.84. The summed E-state index contributed by atoms with van der Waals surface area (Å²) < 4.78 is 0. The van der Waals surface area contributed by atoms with E-state index in [2.05, 4.69) is 15.6 Å². The Labute approximate surface area is 204 Å². The number of hydrogen-bond acceptors (Lipinski definition) is 6. The van der Waals surface area contributed by atoms with Crippen molar-refractivity contribution in [1.82, 2.24) is 15.8 Å². The molecule has 1 aromatic heterocycles. The molecule has 1 atom stereocenters. The molecule has 2 aromatic carbocycles. The van der Waals surface area contributed by atoms with Crippen LogP contribution >= 0.6 is 0 Å². The Kier molecular flexibility index (Phi) is 9.14.